The van der Waals surface area contributed by atoms with Gasteiger partial charge in [-0.15, -0.1) is 0 Å². The van der Waals surface area contributed by atoms with Crippen LogP contribution in [0.5, 0.6) is 0 Å². The van der Waals surface area contributed by atoms with Crippen LogP contribution >= 0.6 is 0 Å². The van der Waals surface area contributed by atoms with Gasteiger partial charge in [-0.1, -0.05) is 0 Å². The molecule has 0 saturated carbocycles. The average Bonchev–Trinajstić information content (AvgIpc) is 2.31. The van der Waals surface area contributed by atoms with Crippen molar-refractivity contribution in [3.63, 3.8) is 0 Å². The van der Waals surface area contributed by atoms with Crippen LogP contribution in [-0.4, -0.2) is 21.5 Å². The molecule has 0 fully saturated rings. The standard InChI is InChI=1S/C10H7F2NO4S/c1-17-10(14)9-4-13-7-2-5(11)6(12)3-8(7)18(9,15)16/h2-4,13H,1H3. The number of rotatable bonds is 1. The van der Waals surface area contributed by atoms with Crippen LogP contribution in [0.15, 0.2) is 28.1 Å². The third kappa shape index (κ3) is 1.74. The summed E-state index contributed by atoms with van der Waals surface area (Å²) < 4.78 is 54.3. The maximum atomic E-state index is 13.1. The number of hydrogen-bond donors (Lipinski definition) is 1. The van der Waals surface area contributed by atoms with Crippen molar-refractivity contribution in [2.45, 2.75) is 4.90 Å². The molecule has 0 amide bonds. The van der Waals surface area contributed by atoms with Gasteiger partial charge in [0, 0.05) is 12.3 Å². The Morgan fingerprint density at radius 1 is 1.28 bits per heavy atom. The minimum Gasteiger partial charge on any atom is -0.465 e. The lowest BCUT2D eigenvalue weighted by Gasteiger charge is -2.17. The van der Waals surface area contributed by atoms with Crippen LogP contribution in [0.4, 0.5) is 14.5 Å². The highest BCUT2D eigenvalue weighted by atomic mass is 32.2. The van der Waals surface area contributed by atoms with E-state index in [-0.39, 0.29) is 5.69 Å². The number of esters is 1. The molecule has 1 N–H and O–H groups in total. The quantitative estimate of drug-likeness (QED) is 0.615. The summed E-state index contributed by atoms with van der Waals surface area (Å²) >= 11 is 0. The van der Waals surface area contributed by atoms with E-state index in [0.717, 1.165) is 13.3 Å². The van der Waals surface area contributed by atoms with Gasteiger partial charge >= 0.3 is 5.97 Å². The highest BCUT2D eigenvalue weighted by molar-refractivity contribution is 7.96. The van der Waals surface area contributed by atoms with Crippen LogP contribution in [-0.2, 0) is 19.4 Å². The van der Waals surface area contributed by atoms with Crippen molar-refractivity contribution in [3.8, 4) is 0 Å². The van der Waals surface area contributed by atoms with Crippen molar-refractivity contribution < 1.29 is 26.7 Å². The van der Waals surface area contributed by atoms with E-state index >= 15 is 0 Å². The smallest absolute Gasteiger partial charge is 0.351 e. The van der Waals surface area contributed by atoms with Gasteiger partial charge in [0.1, 0.15) is 0 Å². The zero-order valence-electron chi connectivity index (χ0n) is 9.03. The Balaban J connectivity index is 2.65. The van der Waals surface area contributed by atoms with Gasteiger partial charge in [0.2, 0.25) is 9.84 Å². The second-order valence-corrected chi connectivity index (χ2v) is 5.30. The highest BCUT2D eigenvalue weighted by Crippen LogP contribution is 2.33. The van der Waals surface area contributed by atoms with Crippen molar-refractivity contribution in [2.75, 3.05) is 12.4 Å². The van der Waals surface area contributed by atoms with Crippen molar-refractivity contribution in [2.24, 2.45) is 0 Å². The zero-order valence-corrected chi connectivity index (χ0v) is 9.85. The van der Waals surface area contributed by atoms with Crippen LogP contribution in [0.3, 0.4) is 0 Å². The first-order valence-corrected chi connectivity index (χ1v) is 6.15. The van der Waals surface area contributed by atoms with E-state index in [2.05, 4.69) is 10.1 Å². The Morgan fingerprint density at radius 3 is 2.50 bits per heavy atom. The first-order chi connectivity index (χ1) is 8.37. The Hall–Kier alpha value is -1.96. The minimum atomic E-state index is -4.22. The predicted octanol–water partition coefficient (Wildman–Crippen LogP) is 1.18. The summed E-state index contributed by atoms with van der Waals surface area (Å²) in [4.78, 5) is 10.1. The molecule has 1 heterocycles. The Kier molecular flexibility index (Phi) is 2.81. The normalized spacial score (nSPS) is 16.3. The first kappa shape index (κ1) is 12.5. The Bertz CT molecular complexity index is 667. The highest BCUT2D eigenvalue weighted by Gasteiger charge is 2.34. The molecule has 8 heteroatoms. The van der Waals surface area contributed by atoms with Gasteiger partial charge in [-0.3, -0.25) is 0 Å². The fraction of sp³-hybridized carbons (Fsp3) is 0.100. The number of anilines is 1. The third-order valence-corrected chi connectivity index (χ3v) is 4.13. The number of carbonyl (C=O) groups is 1. The fourth-order valence-electron chi connectivity index (χ4n) is 1.47. The molecule has 0 unspecified atom stereocenters. The molecule has 1 aliphatic rings. The zero-order chi connectivity index (χ0) is 13.5. The Labute approximate surface area is 101 Å². The molecule has 0 spiro atoms. The number of nitrogens with one attached hydrogen (secondary N) is 1. The number of sulfone groups is 1. The molecule has 1 aromatic rings. The van der Waals surface area contributed by atoms with Crippen LogP contribution in [0, 0.1) is 11.6 Å². The predicted molar refractivity (Wildman–Crippen MR) is 57.3 cm³/mol. The molecule has 1 aliphatic heterocycles. The lowest BCUT2D eigenvalue weighted by Crippen LogP contribution is -2.21. The van der Waals surface area contributed by atoms with E-state index < -0.39 is 37.2 Å². The molecule has 0 bridgehead atoms. The molecule has 96 valence electrons. The maximum Gasteiger partial charge on any atom is 0.351 e. The van der Waals surface area contributed by atoms with Crippen LogP contribution in [0.2, 0.25) is 0 Å². The van der Waals surface area contributed by atoms with E-state index in [1.165, 1.54) is 0 Å². The van der Waals surface area contributed by atoms with E-state index in [1.807, 2.05) is 0 Å². The molecule has 1 aromatic carbocycles. The van der Waals surface area contributed by atoms with Crippen LogP contribution < -0.4 is 5.32 Å². The van der Waals surface area contributed by atoms with Gasteiger partial charge in [0.15, 0.2) is 16.5 Å². The molecular weight excluding hydrogens is 268 g/mol. The minimum absolute atomic E-state index is 0.137. The van der Waals surface area contributed by atoms with Gasteiger partial charge < -0.3 is 10.1 Å². The first-order valence-electron chi connectivity index (χ1n) is 4.67. The molecule has 0 atom stereocenters. The van der Waals surface area contributed by atoms with E-state index in [4.69, 9.17) is 0 Å². The third-order valence-electron chi connectivity index (χ3n) is 2.35. The van der Waals surface area contributed by atoms with Crippen molar-refractivity contribution in [1.29, 1.82) is 0 Å². The number of benzene rings is 1. The molecule has 5 nitrogen and oxygen atoms in total. The monoisotopic (exact) mass is 275 g/mol. The molecule has 0 radical (unpaired) electrons. The number of ether oxygens (including phenoxy) is 1. The lowest BCUT2D eigenvalue weighted by molar-refractivity contribution is -0.135. The molecule has 18 heavy (non-hydrogen) atoms. The molecular formula is C10H7F2NO4S. The van der Waals surface area contributed by atoms with Crippen LogP contribution in [0.25, 0.3) is 0 Å². The topological polar surface area (TPSA) is 72.5 Å². The second-order valence-electron chi connectivity index (χ2n) is 3.41. The Morgan fingerprint density at radius 2 is 1.89 bits per heavy atom. The number of halogens is 2. The number of fused-ring (bicyclic) bond motifs is 1. The molecule has 0 aliphatic carbocycles. The van der Waals surface area contributed by atoms with Crippen molar-refractivity contribution in [1.82, 2.24) is 0 Å². The van der Waals surface area contributed by atoms with Crippen molar-refractivity contribution >= 4 is 21.5 Å². The lowest BCUT2D eigenvalue weighted by atomic mass is 10.3. The van der Waals surface area contributed by atoms with Gasteiger partial charge in [0.05, 0.1) is 17.7 Å². The fourth-order valence-corrected chi connectivity index (χ4v) is 2.89. The van der Waals surface area contributed by atoms with Crippen LogP contribution in [0.1, 0.15) is 0 Å². The summed E-state index contributed by atoms with van der Waals surface area (Å²) in [7, 11) is -3.20. The van der Waals surface area contributed by atoms with Gasteiger partial charge in [-0.05, 0) is 6.07 Å². The summed E-state index contributed by atoms with van der Waals surface area (Å²) in [5.74, 6) is -3.59. The SMILES string of the molecule is COC(=O)C1=CNc2cc(F)c(F)cc2S1(=O)=O. The summed E-state index contributed by atoms with van der Waals surface area (Å²) in [6, 6.07) is 1.22. The second kappa shape index (κ2) is 4.05. The summed E-state index contributed by atoms with van der Waals surface area (Å²) in [5.41, 5.74) is -0.137. The summed E-state index contributed by atoms with van der Waals surface area (Å²) in [6.45, 7) is 0. The largest absolute Gasteiger partial charge is 0.465 e. The van der Waals surface area contributed by atoms with E-state index in [0.29, 0.717) is 12.1 Å². The number of carbonyl (C=O) groups excluding carboxylic acids is 1. The summed E-state index contributed by atoms with van der Waals surface area (Å²) in [6.07, 6.45) is 0.876. The number of methoxy groups -OCH3 is 1. The summed E-state index contributed by atoms with van der Waals surface area (Å²) in [5, 5.41) is 2.40. The molecule has 2 rings (SSSR count). The average molecular weight is 275 g/mol. The van der Waals surface area contributed by atoms with Gasteiger partial charge in [-0.2, -0.15) is 0 Å². The van der Waals surface area contributed by atoms with Gasteiger partial charge in [0.25, 0.3) is 0 Å². The van der Waals surface area contributed by atoms with E-state index in [1.54, 1.807) is 0 Å². The number of hydrogen-bond acceptors (Lipinski definition) is 5. The van der Waals surface area contributed by atoms with Crippen molar-refractivity contribution in [3.05, 3.63) is 34.9 Å². The van der Waals surface area contributed by atoms with E-state index in [9.17, 15) is 22.0 Å². The maximum absolute atomic E-state index is 13.1. The van der Waals surface area contributed by atoms with Gasteiger partial charge in [-0.25, -0.2) is 22.0 Å². The molecule has 0 aromatic heterocycles. The molecule has 0 saturated heterocycles.